The Morgan fingerprint density at radius 3 is 1.88 bits per heavy atom. The molecule has 0 bridgehead atoms. The molecule has 3 rings (SSSR count). The average Bonchev–Trinajstić information content (AvgIpc) is 2.63. The molecular formula is C21H21N2P. The fraction of sp³-hybridized carbons (Fsp3) is 0.0952. The molecule has 0 aliphatic rings. The van der Waals surface area contributed by atoms with Crippen LogP contribution in [0.15, 0.2) is 83.9 Å². The number of nitrogens with two attached hydrogens (primary N) is 1. The van der Waals surface area contributed by atoms with E-state index < -0.39 is 7.92 Å². The van der Waals surface area contributed by atoms with Gasteiger partial charge in [-0.3, -0.25) is 4.99 Å². The van der Waals surface area contributed by atoms with Crippen molar-refractivity contribution in [2.75, 3.05) is 7.05 Å². The van der Waals surface area contributed by atoms with Gasteiger partial charge in [-0.15, -0.1) is 0 Å². The lowest BCUT2D eigenvalue weighted by Gasteiger charge is -2.22. The van der Waals surface area contributed by atoms with Crippen molar-refractivity contribution in [2.24, 2.45) is 10.7 Å². The summed E-state index contributed by atoms with van der Waals surface area (Å²) in [5, 5.41) is 3.88. The number of rotatable bonds is 4. The first-order valence-electron chi connectivity index (χ1n) is 7.94. The van der Waals surface area contributed by atoms with Crippen molar-refractivity contribution in [3.05, 3.63) is 90.0 Å². The van der Waals surface area contributed by atoms with Gasteiger partial charge in [-0.2, -0.15) is 0 Å². The van der Waals surface area contributed by atoms with Gasteiger partial charge in [0.05, 0.1) is 0 Å². The Bertz CT molecular complexity index is 803. The second kappa shape index (κ2) is 7.42. The van der Waals surface area contributed by atoms with E-state index in [2.05, 4.69) is 90.8 Å². The van der Waals surface area contributed by atoms with Crippen LogP contribution < -0.4 is 21.6 Å². The lowest BCUT2D eigenvalue weighted by Crippen LogP contribution is -2.28. The van der Waals surface area contributed by atoms with Crippen LogP contribution >= 0.6 is 7.92 Å². The molecule has 0 amide bonds. The zero-order valence-corrected chi connectivity index (χ0v) is 14.9. The standard InChI is InChI=1S/C21H21N2P/c1-16-13-14-19(21(22)23-2)20(15-16)24(17-9-5-3-6-10-17)18-11-7-4-8-12-18/h3-15H,1-2H3,(H2,22,23). The largest absolute Gasteiger partial charge is 0.383 e. The molecule has 0 heterocycles. The Labute approximate surface area is 144 Å². The summed E-state index contributed by atoms with van der Waals surface area (Å²) >= 11 is 0. The lowest BCUT2D eigenvalue weighted by molar-refractivity contribution is 1.39. The number of nitrogens with zero attached hydrogens (tertiary/aromatic N) is 1. The first kappa shape index (κ1) is 16.4. The third-order valence-corrected chi connectivity index (χ3v) is 6.42. The molecular weight excluding hydrogens is 311 g/mol. The Hall–Kier alpha value is -2.44. The molecule has 0 spiro atoms. The van der Waals surface area contributed by atoms with Gasteiger partial charge in [0.25, 0.3) is 0 Å². The summed E-state index contributed by atoms with van der Waals surface area (Å²) in [6.45, 7) is 2.12. The first-order chi connectivity index (χ1) is 11.7. The minimum absolute atomic E-state index is 0.587. The van der Waals surface area contributed by atoms with Crippen LogP contribution in [0.5, 0.6) is 0 Å². The van der Waals surface area contributed by atoms with Gasteiger partial charge in [0.2, 0.25) is 0 Å². The van der Waals surface area contributed by atoms with E-state index in [1.165, 1.54) is 21.5 Å². The number of amidine groups is 1. The maximum atomic E-state index is 6.20. The van der Waals surface area contributed by atoms with E-state index in [1.807, 2.05) is 0 Å². The monoisotopic (exact) mass is 332 g/mol. The molecule has 2 nitrogen and oxygen atoms in total. The van der Waals surface area contributed by atoms with E-state index in [-0.39, 0.29) is 0 Å². The topological polar surface area (TPSA) is 38.4 Å². The molecule has 0 unspecified atom stereocenters. The number of benzene rings is 3. The van der Waals surface area contributed by atoms with Gasteiger partial charge in [0, 0.05) is 12.6 Å². The molecule has 3 heteroatoms. The molecule has 0 radical (unpaired) electrons. The van der Waals surface area contributed by atoms with Crippen molar-refractivity contribution in [1.82, 2.24) is 0 Å². The summed E-state index contributed by atoms with van der Waals surface area (Å²) in [5.41, 5.74) is 8.46. The number of hydrogen-bond acceptors (Lipinski definition) is 1. The molecule has 0 aromatic heterocycles. The molecule has 0 saturated carbocycles. The highest BCUT2D eigenvalue weighted by atomic mass is 31.1. The molecule has 0 atom stereocenters. The predicted molar refractivity (Wildman–Crippen MR) is 107 cm³/mol. The van der Waals surface area contributed by atoms with Crippen molar-refractivity contribution in [3.8, 4) is 0 Å². The summed E-state index contributed by atoms with van der Waals surface area (Å²) in [6.07, 6.45) is 0. The SMILES string of the molecule is CN=C(N)c1ccc(C)cc1P(c1ccccc1)c1ccccc1. The van der Waals surface area contributed by atoms with E-state index >= 15 is 0 Å². The molecule has 0 fully saturated rings. The quantitative estimate of drug-likeness (QED) is 0.445. The van der Waals surface area contributed by atoms with Crippen LogP contribution in [0.2, 0.25) is 0 Å². The van der Waals surface area contributed by atoms with Gasteiger partial charge in [0.15, 0.2) is 0 Å². The van der Waals surface area contributed by atoms with Gasteiger partial charge in [0.1, 0.15) is 5.84 Å². The highest BCUT2D eigenvalue weighted by Crippen LogP contribution is 2.34. The smallest absolute Gasteiger partial charge is 0.126 e. The fourth-order valence-corrected chi connectivity index (χ4v) is 5.30. The van der Waals surface area contributed by atoms with Crippen LogP contribution in [0.4, 0.5) is 0 Å². The minimum atomic E-state index is -0.682. The summed E-state index contributed by atoms with van der Waals surface area (Å²) < 4.78 is 0. The zero-order valence-electron chi connectivity index (χ0n) is 14.0. The van der Waals surface area contributed by atoms with Crippen LogP contribution in [0.25, 0.3) is 0 Å². The molecule has 0 aliphatic heterocycles. The fourth-order valence-electron chi connectivity index (χ4n) is 2.75. The van der Waals surface area contributed by atoms with Gasteiger partial charge in [-0.05, 0) is 30.8 Å². The average molecular weight is 332 g/mol. The van der Waals surface area contributed by atoms with Gasteiger partial charge in [-0.25, -0.2) is 0 Å². The Morgan fingerprint density at radius 1 is 0.833 bits per heavy atom. The van der Waals surface area contributed by atoms with Crippen molar-refractivity contribution in [3.63, 3.8) is 0 Å². The molecule has 0 aliphatic carbocycles. The highest BCUT2D eigenvalue weighted by molar-refractivity contribution is 7.80. The van der Waals surface area contributed by atoms with Crippen molar-refractivity contribution in [2.45, 2.75) is 6.92 Å². The van der Waals surface area contributed by atoms with E-state index in [0.29, 0.717) is 5.84 Å². The van der Waals surface area contributed by atoms with E-state index in [4.69, 9.17) is 5.73 Å². The normalized spacial score (nSPS) is 11.7. The molecule has 3 aromatic carbocycles. The summed E-state index contributed by atoms with van der Waals surface area (Å²) in [5.74, 6) is 0.587. The van der Waals surface area contributed by atoms with E-state index in [1.54, 1.807) is 7.05 Å². The highest BCUT2D eigenvalue weighted by Gasteiger charge is 2.20. The Balaban J connectivity index is 2.26. The van der Waals surface area contributed by atoms with Crippen LogP contribution in [0.1, 0.15) is 11.1 Å². The molecule has 3 aromatic rings. The van der Waals surface area contributed by atoms with Crippen LogP contribution in [0.3, 0.4) is 0 Å². The summed E-state index contributed by atoms with van der Waals surface area (Å²) in [7, 11) is 1.06. The van der Waals surface area contributed by atoms with Crippen LogP contribution in [-0.2, 0) is 0 Å². The third-order valence-electron chi connectivity index (χ3n) is 3.94. The van der Waals surface area contributed by atoms with Gasteiger partial charge >= 0.3 is 0 Å². The van der Waals surface area contributed by atoms with Gasteiger partial charge in [-0.1, -0.05) is 84.4 Å². The molecule has 0 saturated heterocycles. The molecule has 120 valence electrons. The number of aliphatic imine (C=N–C) groups is 1. The maximum Gasteiger partial charge on any atom is 0.126 e. The maximum absolute atomic E-state index is 6.20. The lowest BCUT2D eigenvalue weighted by atomic mass is 10.1. The summed E-state index contributed by atoms with van der Waals surface area (Å²) in [4.78, 5) is 4.22. The number of hydrogen-bond donors (Lipinski definition) is 1. The minimum Gasteiger partial charge on any atom is -0.383 e. The van der Waals surface area contributed by atoms with Crippen molar-refractivity contribution >= 4 is 29.7 Å². The van der Waals surface area contributed by atoms with Gasteiger partial charge < -0.3 is 5.73 Å². The first-order valence-corrected chi connectivity index (χ1v) is 9.28. The second-order valence-electron chi connectivity index (χ2n) is 5.64. The molecule has 24 heavy (non-hydrogen) atoms. The van der Waals surface area contributed by atoms with Crippen LogP contribution in [-0.4, -0.2) is 12.9 Å². The summed E-state index contributed by atoms with van der Waals surface area (Å²) in [6, 6.07) is 27.7. The number of aryl methyl sites for hydroxylation is 1. The third kappa shape index (κ3) is 3.39. The zero-order chi connectivity index (χ0) is 16.9. The van der Waals surface area contributed by atoms with Crippen LogP contribution in [0, 0.1) is 6.92 Å². The van der Waals surface area contributed by atoms with E-state index in [9.17, 15) is 0 Å². The predicted octanol–water partition coefficient (Wildman–Crippen LogP) is 3.09. The molecule has 2 N–H and O–H groups in total. The van der Waals surface area contributed by atoms with E-state index in [0.717, 1.165) is 5.56 Å². The van der Waals surface area contributed by atoms with Crippen molar-refractivity contribution in [1.29, 1.82) is 0 Å². The Morgan fingerprint density at radius 2 is 1.38 bits per heavy atom. The Kier molecular flexibility index (Phi) is 5.08. The van der Waals surface area contributed by atoms with Crippen molar-refractivity contribution < 1.29 is 0 Å². The second-order valence-corrected chi connectivity index (χ2v) is 7.82.